The van der Waals surface area contributed by atoms with Gasteiger partial charge in [0.2, 0.25) is 0 Å². The van der Waals surface area contributed by atoms with Crippen molar-refractivity contribution >= 4 is 10.9 Å². The van der Waals surface area contributed by atoms with Gasteiger partial charge in [-0.1, -0.05) is 30.3 Å². The summed E-state index contributed by atoms with van der Waals surface area (Å²) in [5.41, 5.74) is 1.58. The molecule has 1 nitrogen and oxygen atoms in total. The van der Waals surface area contributed by atoms with Gasteiger partial charge in [-0.2, -0.15) is 0 Å². The maximum Gasteiger partial charge on any atom is 0.150 e. The Morgan fingerprint density at radius 2 is 1.61 bits per heavy atom. The highest BCUT2D eigenvalue weighted by atomic mass is 19.1. The molecule has 0 bridgehead atoms. The Hall–Kier alpha value is -2.29. The van der Waals surface area contributed by atoms with Gasteiger partial charge < -0.3 is 0 Å². The van der Waals surface area contributed by atoms with Crippen molar-refractivity contribution in [3.63, 3.8) is 0 Å². The monoisotopic (exact) mass is 241 g/mol. The molecular formula is C15H9F2N. The fourth-order valence-corrected chi connectivity index (χ4v) is 1.92. The molecular weight excluding hydrogens is 232 g/mol. The predicted molar refractivity (Wildman–Crippen MR) is 67.1 cm³/mol. The van der Waals surface area contributed by atoms with E-state index in [4.69, 9.17) is 0 Å². The quantitative estimate of drug-likeness (QED) is 0.622. The van der Waals surface area contributed by atoms with Crippen molar-refractivity contribution in [1.82, 2.24) is 4.98 Å². The van der Waals surface area contributed by atoms with Gasteiger partial charge in [0.15, 0.2) is 0 Å². The van der Waals surface area contributed by atoms with Crippen LogP contribution >= 0.6 is 0 Å². The van der Waals surface area contributed by atoms with Gasteiger partial charge in [0.05, 0.1) is 5.52 Å². The molecule has 2 aromatic carbocycles. The fraction of sp³-hybridized carbons (Fsp3) is 0. The Morgan fingerprint density at radius 1 is 0.833 bits per heavy atom. The van der Waals surface area contributed by atoms with Crippen molar-refractivity contribution < 1.29 is 8.78 Å². The van der Waals surface area contributed by atoms with E-state index in [2.05, 4.69) is 4.98 Å². The van der Waals surface area contributed by atoms with Crippen LogP contribution in [0.3, 0.4) is 0 Å². The number of benzene rings is 2. The molecule has 1 heterocycles. The van der Waals surface area contributed by atoms with Gasteiger partial charge in [-0.15, -0.1) is 0 Å². The first-order valence-corrected chi connectivity index (χ1v) is 5.55. The summed E-state index contributed by atoms with van der Waals surface area (Å²) in [6.45, 7) is 0. The van der Waals surface area contributed by atoms with Crippen molar-refractivity contribution in [1.29, 1.82) is 0 Å². The predicted octanol–water partition coefficient (Wildman–Crippen LogP) is 4.18. The molecule has 3 aromatic rings. The first-order chi connectivity index (χ1) is 8.74. The second-order valence-electron chi connectivity index (χ2n) is 4.02. The summed E-state index contributed by atoms with van der Waals surface area (Å²) in [5.74, 6) is -0.838. The van der Waals surface area contributed by atoms with Crippen molar-refractivity contribution in [2.45, 2.75) is 0 Å². The molecule has 0 aliphatic heterocycles. The molecule has 0 saturated carbocycles. The van der Waals surface area contributed by atoms with Gasteiger partial charge in [0.1, 0.15) is 17.3 Å². The van der Waals surface area contributed by atoms with Crippen LogP contribution in [0.15, 0.2) is 54.6 Å². The molecule has 0 radical (unpaired) electrons. The zero-order chi connectivity index (χ0) is 12.5. The first kappa shape index (κ1) is 10.8. The second-order valence-corrected chi connectivity index (χ2v) is 4.02. The van der Waals surface area contributed by atoms with Crippen molar-refractivity contribution in [2.75, 3.05) is 0 Å². The molecule has 0 N–H and O–H groups in total. The summed E-state index contributed by atoms with van der Waals surface area (Å²) < 4.78 is 27.0. The third-order valence-corrected chi connectivity index (χ3v) is 2.78. The van der Waals surface area contributed by atoms with Gasteiger partial charge in [0, 0.05) is 10.9 Å². The molecule has 0 aliphatic carbocycles. The van der Waals surface area contributed by atoms with Crippen LogP contribution < -0.4 is 0 Å². The summed E-state index contributed by atoms with van der Waals surface area (Å²) in [6.07, 6.45) is 0. The largest absolute Gasteiger partial charge is 0.245 e. The zero-order valence-corrected chi connectivity index (χ0v) is 9.40. The molecule has 0 aliphatic rings. The lowest BCUT2D eigenvalue weighted by atomic mass is 10.1. The number of nitrogens with zero attached hydrogens (tertiary/aromatic N) is 1. The lowest BCUT2D eigenvalue weighted by Gasteiger charge is -2.05. The molecule has 1 aromatic heterocycles. The molecule has 18 heavy (non-hydrogen) atoms. The maximum atomic E-state index is 14.0. The minimum Gasteiger partial charge on any atom is -0.245 e. The average molecular weight is 241 g/mol. The Balaban J connectivity index is 2.25. The highest BCUT2D eigenvalue weighted by Gasteiger charge is 2.09. The number of aromatic nitrogens is 1. The molecule has 3 heteroatoms. The summed E-state index contributed by atoms with van der Waals surface area (Å²) in [7, 11) is 0. The van der Waals surface area contributed by atoms with Crippen molar-refractivity contribution in [3.05, 3.63) is 66.2 Å². The number of halogens is 2. The van der Waals surface area contributed by atoms with E-state index >= 15 is 0 Å². The number of pyridine rings is 1. The topological polar surface area (TPSA) is 12.9 Å². The van der Waals surface area contributed by atoms with E-state index in [1.165, 1.54) is 18.2 Å². The molecule has 0 amide bonds. The normalized spacial score (nSPS) is 10.8. The summed E-state index contributed by atoms with van der Waals surface area (Å²) in [4.78, 5) is 4.24. The average Bonchev–Trinajstić information content (AvgIpc) is 2.39. The Morgan fingerprint density at radius 3 is 2.39 bits per heavy atom. The van der Waals surface area contributed by atoms with Crippen LogP contribution in [-0.4, -0.2) is 4.98 Å². The van der Waals surface area contributed by atoms with Gasteiger partial charge in [-0.3, -0.25) is 0 Å². The van der Waals surface area contributed by atoms with Crippen LogP contribution in [-0.2, 0) is 0 Å². The minimum absolute atomic E-state index is 0.287. The van der Waals surface area contributed by atoms with E-state index in [0.29, 0.717) is 16.5 Å². The number of hydrogen-bond acceptors (Lipinski definition) is 1. The van der Waals surface area contributed by atoms with E-state index in [9.17, 15) is 8.78 Å². The van der Waals surface area contributed by atoms with Crippen molar-refractivity contribution in [2.24, 2.45) is 0 Å². The molecule has 0 fully saturated rings. The van der Waals surface area contributed by atoms with Crippen LogP contribution in [0.4, 0.5) is 8.78 Å². The summed E-state index contributed by atoms with van der Waals surface area (Å²) >= 11 is 0. The molecule has 0 saturated heterocycles. The fourth-order valence-electron chi connectivity index (χ4n) is 1.92. The van der Waals surface area contributed by atoms with Crippen molar-refractivity contribution in [3.8, 4) is 11.3 Å². The molecule has 0 spiro atoms. The third-order valence-electron chi connectivity index (χ3n) is 2.78. The Bertz CT molecular complexity index is 708. The van der Waals surface area contributed by atoms with Crippen LogP contribution in [0.25, 0.3) is 22.2 Å². The van der Waals surface area contributed by atoms with E-state index in [0.717, 1.165) is 0 Å². The van der Waals surface area contributed by atoms with Crippen LogP contribution in [0, 0.1) is 11.6 Å². The van der Waals surface area contributed by atoms with Crippen LogP contribution in [0.5, 0.6) is 0 Å². The third kappa shape index (κ3) is 1.84. The van der Waals surface area contributed by atoms with E-state index < -0.39 is 11.6 Å². The number of hydrogen-bond donors (Lipinski definition) is 0. The van der Waals surface area contributed by atoms with E-state index in [1.807, 2.05) is 18.2 Å². The van der Waals surface area contributed by atoms with Crippen LogP contribution in [0.1, 0.15) is 0 Å². The maximum absolute atomic E-state index is 14.0. The number of fused-ring (bicyclic) bond motifs is 1. The molecule has 0 atom stereocenters. The number of rotatable bonds is 1. The lowest BCUT2D eigenvalue weighted by molar-refractivity contribution is 0.624. The first-order valence-electron chi connectivity index (χ1n) is 5.55. The molecule has 88 valence electrons. The minimum atomic E-state index is -0.445. The van der Waals surface area contributed by atoms with E-state index in [1.54, 1.807) is 18.2 Å². The highest BCUT2D eigenvalue weighted by molar-refractivity contribution is 5.81. The van der Waals surface area contributed by atoms with Gasteiger partial charge in [-0.25, -0.2) is 13.8 Å². The summed E-state index contributed by atoms with van der Waals surface area (Å²) in [6, 6.07) is 14.6. The smallest absolute Gasteiger partial charge is 0.150 e. The summed E-state index contributed by atoms with van der Waals surface area (Å²) in [5, 5.41) is 0.465. The molecule has 3 rings (SSSR count). The van der Waals surface area contributed by atoms with Gasteiger partial charge in [-0.05, 0) is 24.3 Å². The second kappa shape index (κ2) is 4.18. The molecule has 0 unspecified atom stereocenters. The Kier molecular flexibility index (Phi) is 2.52. The standard InChI is InChI=1S/C15H9F2N/c16-12-6-7-14-11(8-12)9-13(17)15(18-14)10-4-2-1-3-5-10/h1-9H. The zero-order valence-electron chi connectivity index (χ0n) is 9.40. The lowest BCUT2D eigenvalue weighted by Crippen LogP contribution is -1.91. The highest BCUT2D eigenvalue weighted by Crippen LogP contribution is 2.24. The Labute approximate surface area is 103 Å². The van der Waals surface area contributed by atoms with Crippen LogP contribution in [0.2, 0.25) is 0 Å². The SMILES string of the molecule is Fc1ccc2nc(-c3ccccc3)c(F)cc2c1. The van der Waals surface area contributed by atoms with Gasteiger partial charge in [0.25, 0.3) is 0 Å². The van der Waals surface area contributed by atoms with E-state index in [-0.39, 0.29) is 5.69 Å². The van der Waals surface area contributed by atoms with Gasteiger partial charge >= 0.3 is 0 Å².